The van der Waals surface area contributed by atoms with Crippen molar-refractivity contribution in [2.24, 2.45) is 11.7 Å². The van der Waals surface area contributed by atoms with Crippen LogP contribution in [0, 0.1) is 5.92 Å². The highest BCUT2D eigenvalue weighted by molar-refractivity contribution is 5.27. The zero-order valence-corrected chi connectivity index (χ0v) is 14.0. The summed E-state index contributed by atoms with van der Waals surface area (Å²) < 4.78 is 0. The molecule has 0 aliphatic carbocycles. The van der Waals surface area contributed by atoms with Gasteiger partial charge in [0.15, 0.2) is 0 Å². The van der Waals surface area contributed by atoms with Crippen LogP contribution in [0.5, 0.6) is 0 Å². The molecule has 1 aliphatic rings. The summed E-state index contributed by atoms with van der Waals surface area (Å²) in [5, 5.41) is 0. The SMILES string of the molecule is CCCN1CCCCC(CN)C1c1ccc(C(C)C)cc1. The molecule has 1 heterocycles. The predicted molar refractivity (Wildman–Crippen MR) is 91.5 cm³/mol. The van der Waals surface area contributed by atoms with Crippen LogP contribution in [0.2, 0.25) is 0 Å². The van der Waals surface area contributed by atoms with E-state index in [1.807, 2.05) is 0 Å². The van der Waals surface area contributed by atoms with E-state index in [-0.39, 0.29) is 0 Å². The molecule has 2 N–H and O–H groups in total. The molecule has 0 spiro atoms. The van der Waals surface area contributed by atoms with Crippen molar-refractivity contribution in [3.63, 3.8) is 0 Å². The first-order chi connectivity index (χ1) is 10.2. The van der Waals surface area contributed by atoms with Crippen molar-refractivity contribution in [3.05, 3.63) is 35.4 Å². The van der Waals surface area contributed by atoms with Gasteiger partial charge in [0.05, 0.1) is 0 Å². The van der Waals surface area contributed by atoms with E-state index in [9.17, 15) is 0 Å². The molecule has 0 radical (unpaired) electrons. The molecule has 2 nitrogen and oxygen atoms in total. The lowest BCUT2D eigenvalue weighted by atomic mass is 9.88. The van der Waals surface area contributed by atoms with Gasteiger partial charge >= 0.3 is 0 Å². The maximum absolute atomic E-state index is 6.11. The Labute approximate surface area is 130 Å². The molecule has 2 heteroatoms. The molecule has 1 aromatic rings. The highest BCUT2D eigenvalue weighted by Gasteiger charge is 2.29. The molecule has 0 amide bonds. The zero-order chi connectivity index (χ0) is 15.2. The van der Waals surface area contributed by atoms with E-state index < -0.39 is 0 Å². The van der Waals surface area contributed by atoms with Crippen molar-refractivity contribution in [2.75, 3.05) is 19.6 Å². The van der Waals surface area contributed by atoms with E-state index in [1.165, 1.54) is 49.9 Å². The first-order valence-corrected chi connectivity index (χ1v) is 8.71. The van der Waals surface area contributed by atoms with Gasteiger partial charge in [-0.25, -0.2) is 0 Å². The molecule has 0 saturated carbocycles. The fourth-order valence-electron chi connectivity index (χ4n) is 3.66. The lowest BCUT2D eigenvalue weighted by Gasteiger charge is -2.35. The van der Waals surface area contributed by atoms with E-state index in [1.54, 1.807) is 0 Å². The Balaban J connectivity index is 2.27. The molecule has 1 fully saturated rings. The first-order valence-electron chi connectivity index (χ1n) is 8.71. The van der Waals surface area contributed by atoms with Crippen molar-refractivity contribution in [3.8, 4) is 0 Å². The molecule has 0 aromatic heterocycles. The van der Waals surface area contributed by atoms with Crippen LogP contribution in [0.15, 0.2) is 24.3 Å². The number of rotatable bonds is 5. The maximum Gasteiger partial charge on any atom is 0.0388 e. The molecule has 2 atom stereocenters. The van der Waals surface area contributed by atoms with Crippen molar-refractivity contribution >= 4 is 0 Å². The van der Waals surface area contributed by atoms with Gasteiger partial charge in [-0.15, -0.1) is 0 Å². The van der Waals surface area contributed by atoms with E-state index in [0.717, 1.165) is 6.54 Å². The number of nitrogens with two attached hydrogens (primary N) is 1. The van der Waals surface area contributed by atoms with Gasteiger partial charge in [-0.05, 0) is 61.9 Å². The summed E-state index contributed by atoms with van der Waals surface area (Å²) in [6.07, 6.45) is 5.13. The number of hydrogen-bond donors (Lipinski definition) is 1. The third-order valence-corrected chi connectivity index (χ3v) is 4.87. The van der Waals surface area contributed by atoms with Crippen molar-refractivity contribution in [1.29, 1.82) is 0 Å². The molecule has 1 aliphatic heterocycles. The fourth-order valence-corrected chi connectivity index (χ4v) is 3.66. The summed E-state index contributed by atoms with van der Waals surface area (Å²) in [4.78, 5) is 2.68. The van der Waals surface area contributed by atoms with Gasteiger partial charge in [0.25, 0.3) is 0 Å². The molecule has 118 valence electrons. The standard InChI is InChI=1S/C19H32N2/c1-4-12-21-13-6-5-7-18(14-20)19(21)17-10-8-16(9-11-17)15(2)3/h8-11,15,18-19H,4-7,12-14,20H2,1-3H3. The molecule has 0 bridgehead atoms. The van der Waals surface area contributed by atoms with E-state index in [4.69, 9.17) is 5.73 Å². The van der Waals surface area contributed by atoms with Crippen LogP contribution in [0.4, 0.5) is 0 Å². The van der Waals surface area contributed by atoms with Crippen LogP contribution in [-0.2, 0) is 0 Å². The second-order valence-electron chi connectivity index (χ2n) is 6.79. The van der Waals surface area contributed by atoms with E-state index >= 15 is 0 Å². The van der Waals surface area contributed by atoms with Crippen LogP contribution >= 0.6 is 0 Å². The minimum absolute atomic E-state index is 0.513. The van der Waals surface area contributed by atoms with Crippen molar-refractivity contribution in [2.45, 2.75) is 58.4 Å². The third-order valence-electron chi connectivity index (χ3n) is 4.87. The van der Waals surface area contributed by atoms with Gasteiger partial charge in [0.1, 0.15) is 0 Å². The molecule has 1 saturated heterocycles. The topological polar surface area (TPSA) is 29.3 Å². The van der Waals surface area contributed by atoms with Crippen LogP contribution in [0.1, 0.15) is 69.5 Å². The molecule has 21 heavy (non-hydrogen) atoms. The molecular formula is C19H32N2. The fraction of sp³-hybridized carbons (Fsp3) is 0.684. The Morgan fingerprint density at radius 1 is 1.19 bits per heavy atom. The van der Waals surface area contributed by atoms with Gasteiger partial charge in [-0.1, -0.05) is 51.5 Å². The molecule has 2 rings (SSSR count). The monoisotopic (exact) mass is 288 g/mol. The minimum Gasteiger partial charge on any atom is -0.330 e. The van der Waals surface area contributed by atoms with Gasteiger partial charge in [-0.2, -0.15) is 0 Å². The van der Waals surface area contributed by atoms with Crippen LogP contribution in [0.25, 0.3) is 0 Å². The lowest BCUT2D eigenvalue weighted by Crippen LogP contribution is -2.36. The Morgan fingerprint density at radius 3 is 2.48 bits per heavy atom. The van der Waals surface area contributed by atoms with Crippen LogP contribution < -0.4 is 5.73 Å². The Hall–Kier alpha value is -0.860. The summed E-state index contributed by atoms with van der Waals surface area (Å²) in [5.41, 5.74) is 9.00. The largest absolute Gasteiger partial charge is 0.330 e. The van der Waals surface area contributed by atoms with Crippen LogP contribution in [-0.4, -0.2) is 24.5 Å². The summed E-state index contributed by atoms with van der Waals surface area (Å²) in [5.74, 6) is 1.20. The summed E-state index contributed by atoms with van der Waals surface area (Å²) in [6.45, 7) is 10.0. The number of likely N-dealkylation sites (tertiary alicyclic amines) is 1. The van der Waals surface area contributed by atoms with E-state index in [2.05, 4.69) is 49.9 Å². The average molecular weight is 288 g/mol. The second-order valence-corrected chi connectivity index (χ2v) is 6.79. The van der Waals surface area contributed by atoms with Gasteiger partial charge < -0.3 is 5.73 Å². The second kappa shape index (κ2) is 7.95. The van der Waals surface area contributed by atoms with Gasteiger partial charge in [0.2, 0.25) is 0 Å². The third kappa shape index (κ3) is 4.08. The number of hydrogen-bond acceptors (Lipinski definition) is 2. The first kappa shape index (κ1) is 16.5. The maximum atomic E-state index is 6.11. The lowest BCUT2D eigenvalue weighted by molar-refractivity contribution is 0.158. The number of benzene rings is 1. The molecule has 2 unspecified atom stereocenters. The Bertz CT molecular complexity index is 410. The Kier molecular flexibility index (Phi) is 6.25. The summed E-state index contributed by atoms with van der Waals surface area (Å²) in [7, 11) is 0. The predicted octanol–water partition coefficient (Wildman–Crippen LogP) is 4.32. The highest BCUT2D eigenvalue weighted by atomic mass is 15.2. The normalized spacial score (nSPS) is 24.2. The summed E-state index contributed by atoms with van der Waals surface area (Å²) >= 11 is 0. The van der Waals surface area contributed by atoms with E-state index in [0.29, 0.717) is 17.9 Å². The summed E-state index contributed by atoms with van der Waals surface area (Å²) in [6, 6.07) is 9.82. The van der Waals surface area contributed by atoms with Gasteiger partial charge in [-0.3, -0.25) is 4.90 Å². The van der Waals surface area contributed by atoms with Crippen molar-refractivity contribution in [1.82, 2.24) is 4.90 Å². The quantitative estimate of drug-likeness (QED) is 0.874. The van der Waals surface area contributed by atoms with Gasteiger partial charge in [0, 0.05) is 6.04 Å². The van der Waals surface area contributed by atoms with Crippen LogP contribution in [0.3, 0.4) is 0 Å². The zero-order valence-electron chi connectivity index (χ0n) is 14.0. The highest BCUT2D eigenvalue weighted by Crippen LogP contribution is 2.35. The average Bonchev–Trinajstić information content (AvgIpc) is 2.70. The smallest absolute Gasteiger partial charge is 0.0388 e. The van der Waals surface area contributed by atoms with Crippen molar-refractivity contribution < 1.29 is 0 Å². The number of nitrogens with zero attached hydrogens (tertiary/aromatic N) is 1. The molecule has 1 aromatic carbocycles. The Morgan fingerprint density at radius 2 is 1.90 bits per heavy atom. The minimum atomic E-state index is 0.513. The molecular weight excluding hydrogens is 256 g/mol.